The van der Waals surface area contributed by atoms with Crippen molar-refractivity contribution in [2.75, 3.05) is 17.8 Å². The molecule has 1 amide bonds. The van der Waals surface area contributed by atoms with E-state index in [1.54, 1.807) is 24.3 Å². The van der Waals surface area contributed by atoms with Crippen molar-refractivity contribution >= 4 is 27.3 Å². The summed E-state index contributed by atoms with van der Waals surface area (Å²) >= 11 is 0. The van der Waals surface area contributed by atoms with Crippen molar-refractivity contribution < 1.29 is 22.7 Å². The second-order valence-corrected chi connectivity index (χ2v) is 8.41. The molecule has 0 unspecified atom stereocenters. The molecule has 2 aliphatic heterocycles. The minimum absolute atomic E-state index is 0.173. The van der Waals surface area contributed by atoms with Gasteiger partial charge in [0.15, 0.2) is 11.5 Å². The van der Waals surface area contributed by atoms with Crippen molar-refractivity contribution in [1.82, 2.24) is 5.01 Å². The average molecular weight is 401 g/mol. The van der Waals surface area contributed by atoms with E-state index in [-0.39, 0.29) is 18.7 Å². The maximum atomic E-state index is 12.2. The van der Waals surface area contributed by atoms with E-state index in [1.807, 2.05) is 18.2 Å². The molecule has 0 spiro atoms. The number of benzene rings is 2. The Morgan fingerprint density at radius 2 is 1.93 bits per heavy atom. The molecule has 9 heteroatoms. The summed E-state index contributed by atoms with van der Waals surface area (Å²) in [5.41, 5.74) is 2.57. The van der Waals surface area contributed by atoms with E-state index in [0.29, 0.717) is 34.9 Å². The van der Waals surface area contributed by atoms with E-state index in [1.165, 1.54) is 11.9 Å². The third-order valence-electron chi connectivity index (χ3n) is 4.55. The van der Waals surface area contributed by atoms with Gasteiger partial charge >= 0.3 is 0 Å². The van der Waals surface area contributed by atoms with E-state index < -0.39 is 10.0 Å². The monoisotopic (exact) mass is 401 g/mol. The molecule has 4 rings (SSSR count). The fraction of sp³-hybridized carbons (Fsp3) is 0.263. The predicted molar refractivity (Wildman–Crippen MR) is 104 cm³/mol. The zero-order valence-electron chi connectivity index (χ0n) is 15.4. The molecule has 8 nitrogen and oxygen atoms in total. The minimum atomic E-state index is -3.45. The second-order valence-electron chi connectivity index (χ2n) is 6.66. The lowest BCUT2D eigenvalue weighted by Crippen LogP contribution is -2.24. The fourth-order valence-electron chi connectivity index (χ4n) is 3.37. The van der Waals surface area contributed by atoms with Crippen molar-refractivity contribution in [3.63, 3.8) is 0 Å². The first-order valence-corrected chi connectivity index (χ1v) is 10.5. The summed E-state index contributed by atoms with van der Waals surface area (Å²) in [5, 5.41) is 5.91. The van der Waals surface area contributed by atoms with Gasteiger partial charge in [0.25, 0.3) is 0 Å². The van der Waals surface area contributed by atoms with Crippen LogP contribution in [0.1, 0.15) is 30.5 Å². The smallest absolute Gasteiger partial charge is 0.240 e. The largest absolute Gasteiger partial charge is 0.454 e. The summed E-state index contributed by atoms with van der Waals surface area (Å²) in [7, 11) is -3.45. The quantitative estimate of drug-likeness (QED) is 0.849. The Balaban J connectivity index is 1.70. The summed E-state index contributed by atoms with van der Waals surface area (Å²) in [4.78, 5) is 12.2. The van der Waals surface area contributed by atoms with Crippen LogP contribution in [0.5, 0.6) is 11.5 Å². The van der Waals surface area contributed by atoms with Crippen LogP contribution in [-0.4, -0.2) is 38.1 Å². The number of ether oxygens (including phenoxy) is 2. The van der Waals surface area contributed by atoms with Crippen LogP contribution in [0.2, 0.25) is 0 Å². The van der Waals surface area contributed by atoms with Crippen molar-refractivity contribution in [1.29, 1.82) is 0 Å². The molecule has 2 aromatic carbocycles. The molecule has 1 atom stereocenters. The molecule has 2 aliphatic rings. The molecule has 1 N–H and O–H groups in total. The molecule has 0 aromatic heterocycles. The molecule has 0 saturated carbocycles. The Kier molecular flexibility index (Phi) is 4.46. The zero-order valence-corrected chi connectivity index (χ0v) is 16.2. The van der Waals surface area contributed by atoms with Crippen LogP contribution in [-0.2, 0) is 14.8 Å². The van der Waals surface area contributed by atoms with Crippen LogP contribution in [0.3, 0.4) is 0 Å². The third kappa shape index (κ3) is 3.53. The molecule has 28 heavy (non-hydrogen) atoms. The van der Waals surface area contributed by atoms with Gasteiger partial charge in [0, 0.05) is 18.9 Å². The van der Waals surface area contributed by atoms with Crippen molar-refractivity contribution in [2.24, 2.45) is 5.10 Å². The maximum absolute atomic E-state index is 12.2. The highest BCUT2D eigenvalue weighted by Gasteiger charge is 2.33. The van der Waals surface area contributed by atoms with Gasteiger partial charge in [-0.15, -0.1) is 0 Å². The number of nitrogens with one attached hydrogen (secondary N) is 1. The summed E-state index contributed by atoms with van der Waals surface area (Å²) < 4.78 is 36.7. The number of para-hydroxylation sites is 1. The number of sulfonamides is 1. The van der Waals surface area contributed by atoms with E-state index in [9.17, 15) is 13.2 Å². The van der Waals surface area contributed by atoms with Gasteiger partial charge in [0.05, 0.1) is 23.7 Å². The van der Waals surface area contributed by atoms with Gasteiger partial charge in [-0.1, -0.05) is 24.3 Å². The molecule has 0 fully saturated rings. The van der Waals surface area contributed by atoms with Gasteiger partial charge < -0.3 is 9.47 Å². The Morgan fingerprint density at radius 1 is 1.18 bits per heavy atom. The molecule has 0 bridgehead atoms. The lowest BCUT2D eigenvalue weighted by Gasteiger charge is -2.20. The van der Waals surface area contributed by atoms with E-state index in [4.69, 9.17) is 9.47 Å². The van der Waals surface area contributed by atoms with Crippen molar-refractivity contribution in [3.05, 3.63) is 53.6 Å². The topological polar surface area (TPSA) is 97.3 Å². The van der Waals surface area contributed by atoms with Crippen molar-refractivity contribution in [2.45, 2.75) is 19.4 Å². The molecule has 2 heterocycles. The van der Waals surface area contributed by atoms with Crippen LogP contribution >= 0.6 is 0 Å². The standard InChI is InChI=1S/C19H19N3O5S/c1-12(23)22-17(13-7-8-18-19(9-13)27-11-26-18)10-16(20-22)14-5-3-4-6-15(14)21-28(2,24)25/h3-9,17,21H,10-11H2,1-2H3/t17-/m1/s1. The molecule has 146 valence electrons. The predicted octanol–water partition coefficient (Wildman–Crippen LogP) is 2.48. The maximum Gasteiger partial charge on any atom is 0.240 e. The Morgan fingerprint density at radius 3 is 2.68 bits per heavy atom. The van der Waals surface area contributed by atoms with Gasteiger partial charge in [-0.25, -0.2) is 13.4 Å². The summed E-state index contributed by atoms with van der Waals surface area (Å²) in [6, 6.07) is 12.2. The van der Waals surface area contributed by atoms with Crippen LogP contribution in [0.25, 0.3) is 0 Å². The van der Waals surface area contributed by atoms with Gasteiger partial charge in [0.2, 0.25) is 22.7 Å². The average Bonchev–Trinajstić information content (AvgIpc) is 3.27. The summed E-state index contributed by atoms with van der Waals surface area (Å²) in [6.45, 7) is 1.62. The van der Waals surface area contributed by atoms with Crippen LogP contribution < -0.4 is 14.2 Å². The summed E-state index contributed by atoms with van der Waals surface area (Å²) in [5.74, 6) is 1.10. The Bertz CT molecular complexity index is 1080. The van der Waals surface area contributed by atoms with E-state index in [0.717, 1.165) is 11.8 Å². The van der Waals surface area contributed by atoms with Crippen LogP contribution in [0, 0.1) is 0 Å². The van der Waals surface area contributed by atoms with Gasteiger partial charge in [-0.3, -0.25) is 9.52 Å². The number of nitrogens with zero attached hydrogens (tertiary/aromatic N) is 2. The first-order valence-electron chi connectivity index (χ1n) is 8.66. The van der Waals surface area contributed by atoms with Gasteiger partial charge in [-0.05, 0) is 23.8 Å². The lowest BCUT2D eigenvalue weighted by molar-refractivity contribution is -0.130. The van der Waals surface area contributed by atoms with Crippen molar-refractivity contribution in [3.8, 4) is 11.5 Å². The zero-order chi connectivity index (χ0) is 19.9. The molecular formula is C19H19N3O5S. The minimum Gasteiger partial charge on any atom is -0.454 e. The number of anilines is 1. The molecular weight excluding hydrogens is 382 g/mol. The van der Waals surface area contributed by atoms with E-state index >= 15 is 0 Å². The number of hydrazone groups is 1. The Labute approximate surface area is 162 Å². The number of carbonyl (C=O) groups excluding carboxylic acids is 1. The number of rotatable bonds is 4. The third-order valence-corrected chi connectivity index (χ3v) is 5.14. The highest BCUT2D eigenvalue weighted by atomic mass is 32.2. The first kappa shape index (κ1) is 18.3. The normalized spacial score (nSPS) is 18.1. The number of hydrogen-bond donors (Lipinski definition) is 1. The number of carbonyl (C=O) groups is 1. The number of hydrogen-bond acceptors (Lipinski definition) is 6. The molecule has 0 aliphatic carbocycles. The summed E-state index contributed by atoms with van der Waals surface area (Å²) in [6.07, 6.45) is 1.54. The second kappa shape index (κ2) is 6.83. The number of fused-ring (bicyclic) bond motifs is 1. The van der Waals surface area contributed by atoms with E-state index in [2.05, 4.69) is 9.82 Å². The van der Waals surface area contributed by atoms with Crippen LogP contribution in [0.15, 0.2) is 47.6 Å². The number of amides is 1. The molecule has 0 radical (unpaired) electrons. The molecule has 2 aromatic rings. The Hall–Kier alpha value is -3.07. The fourth-order valence-corrected chi connectivity index (χ4v) is 3.94. The highest BCUT2D eigenvalue weighted by Crippen LogP contribution is 2.39. The highest BCUT2D eigenvalue weighted by molar-refractivity contribution is 7.92. The van der Waals surface area contributed by atoms with Gasteiger partial charge in [0.1, 0.15) is 0 Å². The molecule has 0 saturated heterocycles. The SMILES string of the molecule is CC(=O)N1N=C(c2ccccc2NS(C)(=O)=O)C[C@@H]1c1ccc2c(c1)OCO2. The van der Waals surface area contributed by atoms with Gasteiger partial charge in [-0.2, -0.15) is 5.10 Å². The lowest BCUT2D eigenvalue weighted by atomic mass is 9.97. The van der Waals surface area contributed by atoms with Crippen LogP contribution in [0.4, 0.5) is 5.69 Å². The first-order chi connectivity index (χ1) is 13.3.